The minimum absolute atomic E-state index is 0.0243. The van der Waals surface area contributed by atoms with Crippen LogP contribution in [0.1, 0.15) is 98.8 Å². The lowest BCUT2D eigenvalue weighted by Crippen LogP contribution is -2.52. The van der Waals surface area contributed by atoms with Crippen molar-refractivity contribution >= 4 is 47.3 Å². The maximum absolute atomic E-state index is 14.2. The van der Waals surface area contributed by atoms with E-state index in [-0.39, 0.29) is 74.2 Å². The molecule has 294 valence electrons. The van der Waals surface area contributed by atoms with Crippen molar-refractivity contribution < 1.29 is 62.3 Å². The number of hydrogen-bond donors (Lipinski definition) is 0. The number of amides is 2. The summed E-state index contributed by atoms with van der Waals surface area (Å²) in [6.07, 6.45) is -0.215. The number of fused-ring (bicyclic) bond motifs is 7. The Hall–Kier alpha value is -6.87. The van der Waals surface area contributed by atoms with Crippen molar-refractivity contribution in [3.63, 3.8) is 0 Å². The number of esters is 3. The first-order chi connectivity index (χ1) is 28.3. The second-order valence-corrected chi connectivity index (χ2v) is 15.1. The molecule has 1 saturated heterocycles. The predicted molar refractivity (Wildman–Crippen MR) is 200 cm³/mol. The van der Waals surface area contributed by atoms with Gasteiger partial charge < -0.3 is 23.8 Å². The standard InChI is InChI=1S/C44H28ClNO13/c1-21(47)53-34-19-35-30(17-31(34)44-28-10-6-4-8-26(28)42(3,58-59-44)27-9-5-7-11-29(27)44)43(32-18-33(45)37(54-22(2)48)20-36(32)55-35)25-13-12-23(16-24(25)41(52)56-43)40(51)57-46-38(49)14-15-39(46)50/h4-13,16-20H,14-15H2,1-3H3. The average molecular weight is 814 g/mol. The van der Waals surface area contributed by atoms with Gasteiger partial charge in [-0.15, -0.1) is 5.06 Å². The fourth-order valence-electron chi connectivity index (χ4n) is 8.78. The first-order valence-corrected chi connectivity index (χ1v) is 18.7. The number of benzene rings is 5. The van der Waals surface area contributed by atoms with Gasteiger partial charge in [-0.05, 0) is 42.3 Å². The summed E-state index contributed by atoms with van der Waals surface area (Å²) in [6, 6.07) is 25.2. The number of hydrogen-bond acceptors (Lipinski definition) is 13. The predicted octanol–water partition coefficient (Wildman–Crippen LogP) is 6.81. The van der Waals surface area contributed by atoms with Gasteiger partial charge in [-0.25, -0.2) is 19.4 Å². The quantitative estimate of drug-likeness (QED) is 0.0786. The molecule has 0 radical (unpaired) electrons. The van der Waals surface area contributed by atoms with E-state index in [0.717, 1.165) is 11.1 Å². The van der Waals surface area contributed by atoms with E-state index in [9.17, 15) is 28.8 Å². The zero-order valence-electron chi connectivity index (χ0n) is 31.2. The van der Waals surface area contributed by atoms with Crippen LogP contribution < -0.4 is 14.2 Å². The summed E-state index contributed by atoms with van der Waals surface area (Å²) in [5, 5.41) is 0.384. The molecule has 15 heteroatoms. The van der Waals surface area contributed by atoms with Crippen LogP contribution in [0.3, 0.4) is 0 Å². The molecule has 59 heavy (non-hydrogen) atoms. The number of hydroxylamine groups is 2. The van der Waals surface area contributed by atoms with E-state index in [4.69, 9.17) is 45.2 Å². The fourth-order valence-corrected chi connectivity index (χ4v) is 8.98. The highest BCUT2D eigenvalue weighted by molar-refractivity contribution is 6.32. The number of carbonyl (C=O) groups is 6. The Morgan fingerprint density at radius 3 is 1.85 bits per heavy atom. The SMILES string of the molecule is CC(=O)Oc1cc2c(cc1Cl)C1(OC(=O)c3cc(C(=O)ON4C(=O)CCC4=O)ccc31)c1cc(C34OOC(C)(c5ccccc53)c3ccccc34)c(OC(C)=O)cc1O2. The van der Waals surface area contributed by atoms with E-state index in [1.54, 1.807) is 6.07 Å². The highest BCUT2D eigenvalue weighted by Gasteiger charge is 2.61. The number of nitrogens with zero attached hydrogens (tertiary/aromatic N) is 1. The smallest absolute Gasteiger partial charge is 0.363 e. The zero-order chi connectivity index (χ0) is 41.2. The third kappa shape index (κ3) is 5.00. The van der Waals surface area contributed by atoms with Crippen LogP contribution in [-0.2, 0) is 55.3 Å². The molecule has 6 aliphatic rings. The summed E-state index contributed by atoms with van der Waals surface area (Å²) in [4.78, 5) is 94.8. The van der Waals surface area contributed by atoms with Crippen LogP contribution >= 0.6 is 11.6 Å². The van der Waals surface area contributed by atoms with Crippen molar-refractivity contribution in [1.82, 2.24) is 5.06 Å². The zero-order valence-corrected chi connectivity index (χ0v) is 32.0. The van der Waals surface area contributed by atoms with Gasteiger partial charge >= 0.3 is 23.9 Å². The van der Waals surface area contributed by atoms with Gasteiger partial charge in [0.2, 0.25) is 0 Å². The third-order valence-corrected chi connectivity index (χ3v) is 11.5. The van der Waals surface area contributed by atoms with Crippen LogP contribution in [0.15, 0.2) is 91.0 Å². The number of ether oxygens (including phenoxy) is 4. The Balaban J connectivity index is 1.23. The van der Waals surface area contributed by atoms with Gasteiger partial charge in [0.05, 0.1) is 16.1 Å². The molecular formula is C44H28ClNO13. The second-order valence-electron chi connectivity index (χ2n) is 14.7. The molecule has 2 amide bonds. The minimum atomic E-state index is -1.88. The summed E-state index contributed by atoms with van der Waals surface area (Å²) in [5.41, 5.74) is -0.717. The van der Waals surface area contributed by atoms with E-state index in [2.05, 4.69) is 0 Å². The molecule has 5 aliphatic heterocycles. The van der Waals surface area contributed by atoms with E-state index in [0.29, 0.717) is 16.2 Å². The van der Waals surface area contributed by atoms with E-state index >= 15 is 0 Å². The lowest BCUT2D eigenvalue weighted by molar-refractivity contribution is -0.415. The molecular weight excluding hydrogens is 786 g/mol. The van der Waals surface area contributed by atoms with Crippen molar-refractivity contribution in [2.24, 2.45) is 0 Å². The second kappa shape index (κ2) is 12.6. The van der Waals surface area contributed by atoms with Crippen molar-refractivity contribution in [1.29, 1.82) is 0 Å². The maximum atomic E-state index is 14.2. The molecule has 0 N–H and O–H groups in total. The molecule has 1 aliphatic carbocycles. The van der Waals surface area contributed by atoms with Crippen molar-refractivity contribution in [3.8, 4) is 23.0 Å². The average Bonchev–Trinajstić information content (AvgIpc) is 3.69. The highest BCUT2D eigenvalue weighted by Crippen LogP contribution is 2.63. The molecule has 1 unspecified atom stereocenters. The monoisotopic (exact) mass is 813 g/mol. The van der Waals surface area contributed by atoms with Crippen molar-refractivity contribution in [2.75, 3.05) is 0 Å². The molecule has 0 saturated carbocycles. The van der Waals surface area contributed by atoms with E-state index < -0.39 is 52.5 Å². The van der Waals surface area contributed by atoms with Gasteiger partial charge in [0.1, 0.15) is 17.2 Å². The van der Waals surface area contributed by atoms with Gasteiger partial charge in [-0.1, -0.05) is 66.2 Å². The molecule has 14 nitrogen and oxygen atoms in total. The van der Waals surface area contributed by atoms with Crippen LogP contribution in [0.4, 0.5) is 0 Å². The van der Waals surface area contributed by atoms with Crippen LogP contribution in [-0.4, -0.2) is 40.8 Å². The first kappa shape index (κ1) is 36.5. The molecule has 2 bridgehead atoms. The first-order valence-electron chi connectivity index (χ1n) is 18.4. The maximum Gasteiger partial charge on any atom is 0.363 e. The van der Waals surface area contributed by atoms with Gasteiger partial charge in [0.15, 0.2) is 22.6 Å². The molecule has 1 atom stereocenters. The van der Waals surface area contributed by atoms with E-state index in [1.807, 2.05) is 55.5 Å². The minimum Gasteiger partial charge on any atom is -0.456 e. The topological polar surface area (TPSA) is 170 Å². The molecule has 1 fully saturated rings. The summed E-state index contributed by atoms with van der Waals surface area (Å²) in [6.45, 7) is 4.35. The summed E-state index contributed by atoms with van der Waals surface area (Å²) >= 11 is 6.75. The number of rotatable bonds is 5. The summed E-state index contributed by atoms with van der Waals surface area (Å²) in [7, 11) is 0. The Morgan fingerprint density at radius 2 is 1.22 bits per heavy atom. The van der Waals surface area contributed by atoms with Crippen LogP contribution in [0.25, 0.3) is 0 Å². The number of imide groups is 1. The van der Waals surface area contributed by atoms with Gasteiger partial charge in [-0.3, -0.25) is 19.2 Å². The Bertz CT molecular complexity index is 2750. The Labute approximate surface area is 338 Å². The van der Waals surface area contributed by atoms with Gasteiger partial charge in [-0.2, -0.15) is 0 Å². The van der Waals surface area contributed by atoms with Gasteiger partial charge in [0, 0.05) is 72.2 Å². The molecule has 5 aromatic carbocycles. The molecule has 1 spiro atoms. The number of halogens is 1. The normalized spacial score (nSPS) is 22.7. The summed E-state index contributed by atoms with van der Waals surface area (Å²) in [5.74, 6) is -4.49. The number of carbonyl (C=O) groups excluding carboxylic acids is 6. The lowest BCUT2D eigenvalue weighted by atomic mass is 9.64. The van der Waals surface area contributed by atoms with Crippen LogP contribution in [0.2, 0.25) is 5.02 Å². The van der Waals surface area contributed by atoms with Crippen LogP contribution in [0, 0.1) is 0 Å². The Kier molecular flexibility index (Phi) is 7.77. The van der Waals surface area contributed by atoms with Crippen molar-refractivity contribution in [2.45, 2.75) is 50.4 Å². The van der Waals surface area contributed by atoms with E-state index in [1.165, 1.54) is 50.2 Å². The lowest BCUT2D eigenvalue weighted by Gasteiger charge is -2.52. The molecule has 0 aromatic heterocycles. The Morgan fingerprint density at radius 1 is 0.644 bits per heavy atom. The highest BCUT2D eigenvalue weighted by atomic mass is 35.5. The molecule has 5 aromatic rings. The summed E-state index contributed by atoms with van der Waals surface area (Å²) < 4.78 is 24.3. The molecule has 11 rings (SSSR count). The van der Waals surface area contributed by atoms with Gasteiger partial charge in [0.25, 0.3) is 11.8 Å². The van der Waals surface area contributed by atoms with Crippen molar-refractivity contribution in [3.05, 3.63) is 152 Å². The third-order valence-electron chi connectivity index (χ3n) is 11.2. The molecule has 5 heterocycles. The van der Waals surface area contributed by atoms with Crippen LogP contribution in [0.5, 0.6) is 23.0 Å². The largest absolute Gasteiger partial charge is 0.456 e. The fraction of sp³-hybridized carbons (Fsp3) is 0.182.